The first kappa shape index (κ1) is 13.1. The quantitative estimate of drug-likeness (QED) is 0.848. The van der Waals surface area contributed by atoms with Crippen LogP contribution in [0.5, 0.6) is 0 Å². The van der Waals surface area contributed by atoms with E-state index in [9.17, 15) is 8.42 Å². The zero-order valence-corrected chi connectivity index (χ0v) is 12.0. The molecule has 3 rings (SSSR count). The van der Waals surface area contributed by atoms with E-state index >= 15 is 0 Å². The van der Waals surface area contributed by atoms with E-state index in [0.717, 1.165) is 18.7 Å². The fraction of sp³-hybridized carbons (Fsp3) is 0.600. The fourth-order valence-electron chi connectivity index (χ4n) is 3.44. The Labute approximate surface area is 115 Å². The van der Waals surface area contributed by atoms with Gasteiger partial charge in [-0.2, -0.15) is 0 Å². The SMILES string of the molecule is O=S(=O)(CCc1ccccc1)N1CC2CCCC2C1. The second kappa shape index (κ2) is 5.25. The molecule has 1 heterocycles. The van der Waals surface area contributed by atoms with E-state index in [1.54, 1.807) is 4.31 Å². The molecule has 1 aliphatic carbocycles. The molecule has 1 aliphatic heterocycles. The second-order valence-corrected chi connectivity index (χ2v) is 7.91. The summed E-state index contributed by atoms with van der Waals surface area (Å²) in [5.41, 5.74) is 1.10. The predicted molar refractivity (Wildman–Crippen MR) is 76.3 cm³/mol. The molecule has 1 aromatic rings. The third-order valence-electron chi connectivity index (χ3n) is 4.58. The molecule has 1 saturated carbocycles. The number of hydrogen-bond acceptors (Lipinski definition) is 2. The van der Waals surface area contributed by atoms with Crippen LogP contribution in [0.2, 0.25) is 0 Å². The van der Waals surface area contributed by atoms with Gasteiger partial charge in [0.25, 0.3) is 0 Å². The van der Waals surface area contributed by atoms with Crippen LogP contribution in [0.15, 0.2) is 30.3 Å². The van der Waals surface area contributed by atoms with E-state index in [-0.39, 0.29) is 5.75 Å². The highest BCUT2D eigenvalue weighted by Gasteiger charge is 2.40. The molecule has 0 spiro atoms. The van der Waals surface area contributed by atoms with Gasteiger partial charge in [-0.05, 0) is 36.7 Å². The second-order valence-electron chi connectivity index (χ2n) is 5.82. The molecule has 0 radical (unpaired) electrons. The lowest BCUT2D eigenvalue weighted by atomic mass is 10.0. The molecule has 4 heteroatoms. The molecule has 0 aromatic heterocycles. The molecule has 1 aromatic carbocycles. The van der Waals surface area contributed by atoms with E-state index in [4.69, 9.17) is 0 Å². The number of nitrogens with zero attached hydrogens (tertiary/aromatic N) is 1. The van der Waals surface area contributed by atoms with Crippen LogP contribution in [0.1, 0.15) is 24.8 Å². The summed E-state index contributed by atoms with van der Waals surface area (Å²) in [5.74, 6) is 1.51. The monoisotopic (exact) mass is 279 g/mol. The van der Waals surface area contributed by atoms with Crippen molar-refractivity contribution >= 4 is 10.0 Å². The van der Waals surface area contributed by atoms with Gasteiger partial charge in [0.05, 0.1) is 5.75 Å². The highest BCUT2D eigenvalue weighted by atomic mass is 32.2. The maximum atomic E-state index is 12.4. The lowest BCUT2D eigenvalue weighted by molar-refractivity contribution is 0.445. The van der Waals surface area contributed by atoms with Crippen molar-refractivity contribution in [2.45, 2.75) is 25.7 Å². The molecule has 0 amide bonds. The van der Waals surface area contributed by atoms with Gasteiger partial charge in [-0.3, -0.25) is 0 Å². The number of rotatable bonds is 4. The molecule has 0 N–H and O–H groups in total. The summed E-state index contributed by atoms with van der Waals surface area (Å²) in [6.45, 7) is 1.53. The maximum Gasteiger partial charge on any atom is 0.214 e. The molecular formula is C15H21NO2S. The Morgan fingerprint density at radius 3 is 2.32 bits per heavy atom. The van der Waals surface area contributed by atoms with Gasteiger partial charge in [-0.25, -0.2) is 12.7 Å². The molecule has 104 valence electrons. The van der Waals surface area contributed by atoms with E-state index in [2.05, 4.69) is 0 Å². The molecule has 2 aliphatic rings. The Balaban J connectivity index is 1.61. The van der Waals surface area contributed by atoms with Crippen molar-refractivity contribution < 1.29 is 8.42 Å². The van der Waals surface area contributed by atoms with Crippen LogP contribution in [0.4, 0.5) is 0 Å². The van der Waals surface area contributed by atoms with Crippen molar-refractivity contribution in [2.75, 3.05) is 18.8 Å². The third-order valence-corrected chi connectivity index (χ3v) is 6.38. The van der Waals surface area contributed by atoms with E-state index in [1.165, 1.54) is 19.3 Å². The van der Waals surface area contributed by atoms with Gasteiger partial charge in [0.15, 0.2) is 0 Å². The van der Waals surface area contributed by atoms with E-state index in [1.807, 2.05) is 30.3 Å². The summed E-state index contributed by atoms with van der Waals surface area (Å²) in [6.07, 6.45) is 4.34. The van der Waals surface area contributed by atoms with Crippen LogP contribution in [0, 0.1) is 11.8 Å². The summed E-state index contributed by atoms with van der Waals surface area (Å²) >= 11 is 0. The predicted octanol–water partition coefficient (Wildman–Crippen LogP) is 2.29. The van der Waals surface area contributed by atoms with Crippen LogP contribution in [0.25, 0.3) is 0 Å². The van der Waals surface area contributed by atoms with Gasteiger partial charge >= 0.3 is 0 Å². The van der Waals surface area contributed by atoms with Crippen molar-refractivity contribution in [3.8, 4) is 0 Å². The molecule has 2 unspecified atom stereocenters. The zero-order valence-electron chi connectivity index (χ0n) is 11.2. The Kier molecular flexibility index (Phi) is 3.63. The summed E-state index contributed by atoms with van der Waals surface area (Å²) in [7, 11) is -3.07. The van der Waals surface area contributed by atoms with Gasteiger partial charge in [0.2, 0.25) is 10.0 Å². The highest BCUT2D eigenvalue weighted by Crippen LogP contribution is 2.38. The van der Waals surface area contributed by atoms with Gasteiger partial charge in [-0.15, -0.1) is 0 Å². The Hall–Kier alpha value is -0.870. The standard InChI is InChI=1S/C15H21NO2S/c17-19(18,10-9-13-5-2-1-3-6-13)16-11-14-7-4-8-15(14)12-16/h1-3,5-6,14-15H,4,7-12H2. The minimum atomic E-state index is -3.07. The topological polar surface area (TPSA) is 37.4 Å². The lowest BCUT2D eigenvalue weighted by Crippen LogP contribution is -2.32. The maximum absolute atomic E-state index is 12.4. The van der Waals surface area contributed by atoms with Gasteiger partial charge in [0.1, 0.15) is 0 Å². The number of hydrogen-bond donors (Lipinski definition) is 0. The first-order valence-corrected chi connectivity index (χ1v) is 8.78. The van der Waals surface area contributed by atoms with Crippen molar-refractivity contribution in [1.82, 2.24) is 4.31 Å². The minimum absolute atomic E-state index is 0.246. The lowest BCUT2D eigenvalue weighted by Gasteiger charge is -2.17. The van der Waals surface area contributed by atoms with Crippen LogP contribution in [-0.4, -0.2) is 31.6 Å². The van der Waals surface area contributed by atoms with Gasteiger partial charge < -0.3 is 0 Å². The van der Waals surface area contributed by atoms with E-state index < -0.39 is 10.0 Å². The number of sulfonamides is 1. The molecule has 19 heavy (non-hydrogen) atoms. The molecule has 0 bridgehead atoms. The van der Waals surface area contributed by atoms with Crippen molar-refractivity contribution in [2.24, 2.45) is 11.8 Å². The molecular weight excluding hydrogens is 258 g/mol. The third kappa shape index (κ3) is 2.84. The fourth-order valence-corrected chi connectivity index (χ4v) is 5.03. The Morgan fingerprint density at radius 1 is 1.05 bits per heavy atom. The summed E-state index contributed by atoms with van der Waals surface area (Å²) < 4.78 is 26.5. The Bertz CT molecular complexity index is 514. The van der Waals surface area contributed by atoms with Crippen LogP contribution in [-0.2, 0) is 16.4 Å². The summed E-state index contributed by atoms with van der Waals surface area (Å²) in [4.78, 5) is 0. The van der Waals surface area contributed by atoms with Crippen LogP contribution < -0.4 is 0 Å². The first-order valence-electron chi connectivity index (χ1n) is 7.17. The minimum Gasteiger partial charge on any atom is -0.212 e. The Morgan fingerprint density at radius 2 is 1.68 bits per heavy atom. The zero-order chi connectivity index (χ0) is 13.3. The van der Waals surface area contributed by atoms with Crippen molar-refractivity contribution in [3.63, 3.8) is 0 Å². The van der Waals surface area contributed by atoms with Gasteiger partial charge in [-0.1, -0.05) is 36.8 Å². The molecule has 2 fully saturated rings. The largest absolute Gasteiger partial charge is 0.214 e. The molecule has 3 nitrogen and oxygen atoms in total. The summed E-state index contributed by atoms with van der Waals surface area (Å²) in [5, 5.41) is 0. The van der Waals surface area contributed by atoms with Crippen molar-refractivity contribution in [1.29, 1.82) is 0 Å². The number of fused-ring (bicyclic) bond motifs is 1. The number of aryl methyl sites for hydroxylation is 1. The van der Waals surface area contributed by atoms with Crippen LogP contribution >= 0.6 is 0 Å². The molecule has 2 atom stereocenters. The van der Waals surface area contributed by atoms with Crippen LogP contribution in [0.3, 0.4) is 0 Å². The molecule has 1 saturated heterocycles. The average molecular weight is 279 g/mol. The first-order chi connectivity index (χ1) is 9.15. The normalized spacial score (nSPS) is 27.6. The van der Waals surface area contributed by atoms with E-state index in [0.29, 0.717) is 18.3 Å². The smallest absolute Gasteiger partial charge is 0.212 e. The van der Waals surface area contributed by atoms with Crippen molar-refractivity contribution in [3.05, 3.63) is 35.9 Å². The highest BCUT2D eigenvalue weighted by molar-refractivity contribution is 7.89. The average Bonchev–Trinajstić information content (AvgIpc) is 2.99. The summed E-state index contributed by atoms with van der Waals surface area (Å²) in [6, 6.07) is 9.87. The van der Waals surface area contributed by atoms with Gasteiger partial charge in [0, 0.05) is 13.1 Å². The number of benzene rings is 1.